The summed E-state index contributed by atoms with van der Waals surface area (Å²) in [4.78, 5) is 33.5. The summed E-state index contributed by atoms with van der Waals surface area (Å²) in [6.45, 7) is 4.95. The number of amides is 1. The molecule has 3 rings (SSSR count). The number of fused-ring (bicyclic) bond motifs is 3. The lowest BCUT2D eigenvalue weighted by atomic mass is 10.1. The van der Waals surface area contributed by atoms with E-state index in [1.165, 1.54) is 0 Å². The molecule has 3 heterocycles. The maximum atomic E-state index is 12.3. The van der Waals surface area contributed by atoms with Crippen LogP contribution in [0.25, 0.3) is 0 Å². The first-order chi connectivity index (χ1) is 11.6. The van der Waals surface area contributed by atoms with Gasteiger partial charge in [-0.25, -0.2) is 4.98 Å². The van der Waals surface area contributed by atoms with Crippen LogP contribution >= 0.6 is 0 Å². The molecule has 24 heavy (non-hydrogen) atoms. The Hall–Kier alpha value is -2.42. The highest BCUT2D eigenvalue weighted by molar-refractivity contribution is 5.80. The van der Waals surface area contributed by atoms with E-state index in [-0.39, 0.29) is 24.3 Å². The SMILES string of the molecule is CCNc1ccnc(N2C[C@@H]3COC[C@H](C2)N(C)C3=O)n1.O=CO. The van der Waals surface area contributed by atoms with Crippen LogP contribution in [-0.4, -0.2) is 78.3 Å². The van der Waals surface area contributed by atoms with Crippen LogP contribution in [0.2, 0.25) is 0 Å². The van der Waals surface area contributed by atoms with Crippen molar-refractivity contribution in [1.29, 1.82) is 0 Å². The summed E-state index contributed by atoms with van der Waals surface area (Å²) in [6, 6.07) is 1.91. The smallest absolute Gasteiger partial charge is 0.290 e. The third-order valence-electron chi connectivity index (χ3n) is 4.03. The molecule has 0 aromatic carbocycles. The van der Waals surface area contributed by atoms with Crippen LogP contribution in [0, 0.1) is 5.92 Å². The Morgan fingerprint density at radius 3 is 2.92 bits per heavy atom. The molecule has 2 N–H and O–H groups in total. The summed E-state index contributed by atoms with van der Waals surface area (Å²) >= 11 is 0. The van der Waals surface area contributed by atoms with E-state index in [1.807, 2.05) is 24.9 Å². The molecule has 0 unspecified atom stereocenters. The van der Waals surface area contributed by atoms with E-state index in [1.54, 1.807) is 6.20 Å². The van der Waals surface area contributed by atoms with Gasteiger partial charge in [0.15, 0.2) is 0 Å². The number of anilines is 2. The maximum Gasteiger partial charge on any atom is 0.290 e. The number of ether oxygens (including phenoxy) is 1. The summed E-state index contributed by atoms with van der Waals surface area (Å²) in [5.41, 5.74) is 0. The van der Waals surface area contributed by atoms with Gasteiger partial charge in [0.25, 0.3) is 6.47 Å². The third kappa shape index (κ3) is 4.10. The summed E-state index contributed by atoms with van der Waals surface area (Å²) in [5, 5.41) is 10.1. The van der Waals surface area contributed by atoms with E-state index in [9.17, 15) is 4.79 Å². The Morgan fingerprint density at radius 1 is 1.46 bits per heavy atom. The second kappa shape index (κ2) is 8.44. The molecule has 2 aliphatic heterocycles. The van der Waals surface area contributed by atoms with Crippen LogP contribution in [0.5, 0.6) is 0 Å². The fraction of sp³-hybridized carbons (Fsp3) is 0.600. The second-order valence-electron chi connectivity index (χ2n) is 5.62. The van der Waals surface area contributed by atoms with Crippen molar-refractivity contribution in [2.45, 2.75) is 13.0 Å². The van der Waals surface area contributed by atoms with Crippen LogP contribution < -0.4 is 10.2 Å². The predicted octanol–water partition coefficient (Wildman–Crippen LogP) is -0.0974. The highest BCUT2D eigenvalue weighted by Gasteiger charge is 2.37. The van der Waals surface area contributed by atoms with E-state index >= 15 is 0 Å². The normalized spacial score (nSPS) is 23.0. The molecule has 2 aliphatic rings. The van der Waals surface area contributed by atoms with Crippen molar-refractivity contribution in [1.82, 2.24) is 14.9 Å². The molecule has 0 spiro atoms. The second-order valence-corrected chi connectivity index (χ2v) is 5.62. The standard InChI is InChI=1S/C14H21N5O2.CH2O2/c1-3-15-12-4-5-16-14(17-12)19-6-10-8-21-9-11(7-19)18(2)13(10)20;2-1-3/h4-5,10-11H,3,6-9H2,1-2H3,(H,15,16,17);1H,(H,2,3)/t10-,11+;/m1./s1. The number of likely N-dealkylation sites (N-methyl/N-ethyl adjacent to an activating group) is 1. The Balaban J connectivity index is 0.000000647. The molecular formula is C15H23N5O4. The zero-order valence-electron chi connectivity index (χ0n) is 13.9. The molecule has 9 heteroatoms. The van der Waals surface area contributed by atoms with E-state index < -0.39 is 0 Å². The first-order valence-electron chi connectivity index (χ1n) is 7.84. The highest BCUT2D eigenvalue weighted by Crippen LogP contribution is 2.22. The molecule has 1 aromatic rings. The zero-order valence-corrected chi connectivity index (χ0v) is 13.9. The highest BCUT2D eigenvalue weighted by atomic mass is 16.5. The number of rotatable bonds is 3. The molecule has 2 fully saturated rings. The van der Waals surface area contributed by atoms with Crippen molar-refractivity contribution < 1.29 is 19.4 Å². The van der Waals surface area contributed by atoms with Crippen LogP contribution in [0.15, 0.2) is 12.3 Å². The minimum atomic E-state index is -0.250. The number of carboxylic acid groups (broad SMARTS) is 1. The molecule has 0 aliphatic carbocycles. The lowest BCUT2D eigenvalue weighted by Crippen LogP contribution is -2.43. The van der Waals surface area contributed by atoms with Crippen molar-refractivity contribution in [3.63, 3.8) is 0 Å². The van der Waals surface area contributed by atoms with Gasteiger partial charge < -0.3 is 25.0 Å². The zero-order chi connectivity index (χ0) is 17.5. The van der Waals surface area contributed by atoms with Crippen LogP contribution in [0.3, 0.4) is 0 Å². The largest absolute Gasteiger partial charge is 0.483 e. The van der Waals surface area contributed by atoms with Gasteiger partial charge in [0.1, 0.15) is 5.82 Å². The molecule has 2 bridgehead atoms. The third-order valence-corrected chi connectivity index (χ3v) is 4.03. The number of hydrogen-bond acceptors (Lipinski definition) is 7. The first-order valence-corrected chi connectivity index (χ1v) is 7.84. The van der Waals surface area contributed by atoms with Gasteiger partial charge in [0, 0.05) is 32.9 Å². The monoisotopic (exact) mass is 337 g/mol. The number of carbonyl (C=O) groups excluding carboxylic acids is 1. The molecular weight excluding hydrogens is 314 g/mol. The molecule has 132 valence electrons. The van der Waals surface area contributed by atoms with Crippen molar-refractivity contribution in [2.75, 3.05) is 50.1 Å². The summed E-state index contributed by atoms with van der Waals surface area (Å²) < 4.78 is 5.61. The van der Waals surface area contributed by atoms with Gasteiger partial charge in [-0.2, -0.15) is 4.98 Å². The molecule has 9 nitrogen and oxygen atoms in total. The first kappa shape index (κ1) is 17.9. The number of hydrogen-bond donors (Lipinski definition) is 2. The van der Waals surface area contributed by atoms with E-state index in [0.717, 1.165) is 12.4 Å². The number of carbonyl (C=O) groups is 2. The molecule has 2 saturated heterocycles. The molecule has 1 amide bonds. The average molecular weight is 337 g/mol. The number of aromatic nitrogens is 2. The summed E-state index contributed by atoms with van der Waals surface area (Å²) in [6.07, 6.45) is 1.75. The van der Waals surface area contributed by atoms with E-state index in [4.69, 9.17) is 14.6 Å². The predicted molar refractivity (Wildman–Crippen MR) is 88.0 cm³/mol. The lowest BCUT2D eigenvalue weighted by Gasteiger charge is -2.29. The van der Waals surface area contributed by atoms with Crippen molar-refractivity contribution >= 4 is 24.1 Å². The van der Waals surface area contributed by atoms with Gasteiger partial charge in [0.2, 0.25) is 11.9 Å². The molecule has 1 aromatic heterocycles. The van der Waals surface area contributed by atoms with Crippen molar-refractivity contribution in [3.8, 4) is 0 Å². The topological polar surface area (TPSA) is 108 Å². The van der Waals surface area contributed by atoms with Gasteiger partial charge in [-0.05, 0) is 13.0 Å². The van der Waals surface area contributed by atoms with Crippen molar-refractivity contribution in [3.05, 3.63) is 12.3 Å². The lowest BCUT2D eigenvalue weighted by molar-refractivity contribution is -0.133. The molecule has 2 atom stereocenters. The fourth-order valence-corrected chi connectivity index (χ4v) is 2.84. The minimum Gasteiger partial charge on any atom is -0.483 e. The van der Waals surface area contributed by atoms with Gasteiger partial charge in [-0.1, -0.05) is 0 Å². The van der Waals surface area contributed by atoms with Gasteiger partial charge in [-0.3, -0.25) is 9.59 Å². The maximum absolute atomic E-state index is 12.3. The number of nitrogens with one attached hydrogen (secondary N) is 1. The quantitative estimate of drug-likeness (QED) is 0.737. The number of nitrogens with zero attached hydrogens (tertiary/aromatic N) is 4. The van der Waals surface area contributed by atoms with Crippen LogP contribution in [-0.2, 0) is 14.3 Å². The Kier molecular flexibility index (Phi) is 6.30. The van der Waals surface area contributed by atoms with E-state index in [2.05, 4.69) is 20.2 Å². The average Bonchev–Trinajstić information content (AvgIpc) is 2.74. The Bertz CT molecular complexity index is 571. The van der Waals surface area contributed by atoms with Crippen LogP contribution in [0.4, 0.5) is 11.8 Å². The van der Waals surface area contributed by atoms with Gasteiger partial charge in [-0.15, -0.1) is 0 Å². The van der Waals surface area contributed by atoms with E-state index in [0.29, 0.717) is 32.3 Å². The minimum absolute atomic E-state index is 0.0522. The fourth-order valence-electron chi connectivity index (χ4n) is 2.84. The molecule has 0 saturated carbocycles. The summed E-state index contributed by atoms with van der Waals surface area (Å²) in [5.74, 6) is 1.50. The summed E-state index contributed by atoms with van der Waals surface area (Å²) in [7, 11) is 1.86. The van der Waals surface area contributed by atoms with Crippen LogP contribution in [0.1, 0.15) is 6.92 Å². The van der Waals surface area contributed by atoms with Crippen molar-refractivity contribution in [2.24, 2.45) is 5.92 Å². The van der Waals surface area contributed by atoms with Gasteiger partial charge in [0.05, 0.1) is 25.2 Å². The molecule has 0 radical (unpaired) electrons. The van der Waals surface area contributed by atoms with Gasteiger partial charge >= 0.3 is 0 Å². The Labute approximate surface area is 140 Å². The Morgan fingerprint density at radius 2 is 2.21 bits per heavy atom.